The lowest BCUT2D eigenvalue weighted by Crippen LogP contribution is -2.37. The molecule has 0 radical (unpaired) electrons. The number of nitrogens with zero attached hydrogens (tertiary/aromatic N) is 2. The lowest BCUT2D eigenvalue weighted by molar-refractivity contribution is 0.0456. The summed E-state index contributed by atoms with van der Waals surface area (Å²) in [6.45, 7) is 6.24. The summed E-state index contributed by atoms with van der Waals surface area (Å²) in [6.07, 6.45) is 6.97. The zero-order chi connectivity index (χ0) is 28.5. The molecule has 0 unspecified atom stereocenters. The first-order valence-electron chi connectivity index (χ1n) is 14.8. The molecule has 0 N–H and O–H groups in total. The van der Waals surface area contributed by atoms with Crippen LogP contribution in [0.3, 0.4) is 0 Å². The van der Waals surface area contributed by atoms with Crippen LogP contribution in [0.1, 0.15) is 51.1 Å². The zero-order valence-corrected chi connectivity index (χ0v) is 23.7. The van der Waals surface area contributed by atoms with Crippen molar-refractivity contribution in [1.29, 1.82) is 0 Å². The van der Waals surface area contributed by atoms with E-state index in [1.807, 2.05) is 42.5 Å². The smallest absolute Gasteiger partial charge is 0.355 e. The van der Waals surface area contributed by atoms with E-state index >= 15 is 0 Å². The third-order valence-electron chi connectivity index (χ3n) is 8.77. The second-order valence-electron chi connectivity index (χ2n) is 11.1. The number of hydrogen-bond acceptors (Lipinski definition) is 3. The number of aromatic nitrogens is 1. The number of esters is 1. The van der Waals surface area contributed by atoms with Gasteiger partial charge in [-0.3, -0.25) is 0 Å². The van der Waals surface area contributed by atoms with Gasteiger partial charge in [0.1, 0.15) is 17.8 Å². The van der Waals surface area contributed by atoms with Crippen LogP contribution in [0, 0.1) is 0 Å². The number of anilines is 1. The molecule has 4 aromatic carbocycles. The molecule has 2 heterocycles. The Morgan fingerprint density at radius 1 is 0.786 bits per heavy atom. The third kappa shape index (κ3) is 4.09. The van der Waals surface area contributed by atoms with Gasteiger partial charge in [0.2, 0.25) is 0 Å². The average Bonchev–Trinajstić information content (AvgIpc) is 3.77. The summed E-state index contributed by atoms with van der Waals surface area (Å²) in [4.78, 5) is 16.8. The van der Waals surface area contributed by atoms with E-state index < -0.39 is 5.54 Å². The van der Waals surface area contributed by atoms with Crippen LogP contribution in [0.5, 0.6) is 0 Å². The van der Waals surface area contributed by atoms with Crippen LogP contribution in [0.2, 0.25) is 0 Å². The van der Waals surface area contributed by atoms with Crippen molar-refractivity contribution >= 4 is 11.7 Å². The lowest BCUT2D eigenvalue weighted by Gasteiger charge is -2.36. The van der Waals surface area contributed by atoms with Gasteiger partial charge in [-0.15, -0.1) is 6.58 Å². The first kappa shape index (κ1) is 26.1. The normalized spacial score (nSPS) is 14.8. The monoisotopic (exact) mass is 550 g/mol. The van der Waals surface area contributed by atoms with Crippen molar-refractivity contribution < 1.29 is 9.53 Å². The molecule has 0 bridgehead atoms. The molecule has 2 aliphatic rings. The molecule has 7 rings (SSSR count). The third-order valence-corrected chi connectivity index (χ3v) is 8.77. The molecule has 1 aromatic heterocycles. The van der Waals surface area contributed by atoms with Crippen LogP contribution in [-0.2, 0) is 23.3 Å². The highest BCUT2D eigenvalue weighted by Gasteiger charge is 2.48. The van der Waals surface area contributed by atoms with Crippen molar-refractivity contribution in [3.63, 3.8) is 0 Å². The van der Waals surface area contributed by atoms with Crippen LogP contribution in [0.4, 0.5) is 5.69 Å². The van der Waals surface area contributed by atoms with Crippen LogP contribution >= 0.6 is 0 Å². The van der Waals surface area contributed by atoms with E-state index in [1.54, 1.807) is 0 Å². The predicted octanol–water partition coefficient (Wildman–Crippen LogP) is 7.99. The minimum absolute atomic E-state index is 0.211. The van der Waals surface area contributed by atoms with Gasteiger partial charge >= 0.3 is 5.97 Å². The van der Waals surface area contributed by atoms with Gasteiger partial charge in [-0.1, -0.05) is 115 Å². The van der Waals surface area contributed by atoms with Gasteiger partial charge in [0.05, 0.1) is 5.69 Å². The van der Waals surface area contributed by atoms with Gasteiger partial charge in [-0.2, -0.15) is 0 Å². The molecule has 0 spiro atoms. The van der Waals surface area contributed by atoms with E-state index in [9.17, 15) is 4.79 Å². The fourth-order valence-corrected chi connectivity index (χ4v) is 6.99. The number of ether oxygens (including phenoxy) is 1. The number of allylic oxidation sites excluding steroid dienone is 1. The minimum atomic E-state index is -0.760. The summed E-state index contributed by atoms with van der Waals surface area (Å²) in [5, 5.41) is 0. The van der Waals surface area contributed by atoms with Gasteiger partial charge in [-0.05, 0) is 52.6 Å². The fraction of sp³-hybridized carbons (Fsp3) is 0.184. The van der Waals surface area contributed by atoms with Gasteiger partial charge < -0.3 is 14.2 Å². The molecule has 4 heteroatoms. The standard InChI is InChI=1S/C38H34N2O2/c1-2-15-32-35(39-24-13-14-25-39)26-40(36(32)37(41)42-27-28-16-5-3-6-17-28)38(29-18-7-4-8-19-29)33-22-11-9-20-30(33)31-21-10-12-23-34(31)38/h2-12,16-23,26H,1,13-15,24-25,27H2. The molecule has 208 valence electrons. The fourth-order valence-electron chi connectivity index (χ4n) is 6.99. The van der Waals surface area contributed by atoms with Crippen molar-refractivity contribution in [3.8, 4) is 11.1 Å². The number of rotatable bonds is 8. The average molecular weight is 551 g/mol. The highest BCUT2D eigenvalue weighted by Crippen LogP contribution is 2.54. The number of carbonyl (C=O) groups excluding carboxylic acids is 1. The summed E-state index contributed by atoms with van der Waals surface area (Å²) in [7, 11) is 0. The van der Waals surface area contributed by atoms with E-state index in [-0.39, 0.29) is 12.6 Å². The number of hydrogen-bond donors (Lipinski definition) is 0. The predicted molar refractivity (Wildman–Crippen MR) is 169 cm³/mol. The van der Waals surface area contributed by atoms with Crippen molar-refractivity contribution in [2.24, 2.45) is 0 Å². The molecule has 0 saturated carbocycles. The Balaban J connectivity index is 1.53. The van der Waals surface area contributed by atoms with E-state index in [4.69, 9.17) is 4.74 Å². The summed E-state index contributed by atoms with van der Waals surface area (Å²) in [5.41, 5.74) is 8.64. The van der Waals surface area contributed by atoms with E-state index in [0.717, 1.165) is 59.4 Å². The number of fused-ring (bicyclic) bond motifs is 3. The zero-order valence-electron chi connectivity index (χ0n) is 23.7. The molecule has 4 nitrogen and oxygen atoms in total. The minimum Gasteiger partial charge on any atom is -0.456 e. The van der Waals surface area contributed by atoms with E-state index in [2.05, 4.69) is 95.0 Å². The largest absolute Gasteiger partial charge is 0.456 e. The van der Waals surface area contributed by atoms with Crippen LogP contribution in [-0.4, -0.2) is 23.6 Å². The van der Waals surface area contributed by atoms with Crippen molar-refractivity contribution in [3.05, 3.63) is 162 Å². The van der Waals surface area contributed by atoms with Crippen LogP contribution in [0.15, 0.2) is 128 Å². The maximum absolute atomic E-state index is 14.4. The first-order valence-corrected chi connectivity index (χ1v) is 14.8. The number of carbonyl (C=O) groups is 1. The highest BCUT2D eigenvalue weighted by molar-refractivity contribution is 5.94. The molecular weight excluding hydrogens is 516 g/mol. The maximum Gasteiger partial charge on any atom is 0.355 e. The lowest BCUT2D eigenvalue weighted by atomic mass is 9.80. The Morgan fingerprint density at radius 2 is 1.36 bits per heavy atom. The Morgan fingerprint density at radius 3 is 1.98 bits per heavy atom. The van der Waals surface area contributed by atoms with Gasteiger partial charge in [-0.25, -0.2) is 4.79 Å². The topological polar surface area (TPSA) is 34.5 Å². The van der Waals surface area contributed by atoms with Crippen molar-refractivity contribution in [2.75, 3.05) is 18.0 Å². The summed E-state index contributed by atoms with van der Waals surface area (Å²) < 4.78 is 8.35. The van der Waals surface area contributed by atoms with Crippen molar-refractivity contribution in [2.45, 2.75) is 31.4 Å². The highest BCUT2D eigenvalue weighted by atomic mass is 16.5. The Labute approximate surface area is 247 Å². The summed E-state index contributed by atoms with van der Waals surface area (Å²) in [6, 6.07) is 37.7. The molecule has 1 aliphatic carbocycles. The molecular formula is C38H34N2O2. The Hall–Kier alpha value is -4.83. The quantitative estimate of drug-likeness (QED) is 0.142. The molecule has 5 aromatic rings. The molecule has 0 amide bonds. The molecule has 42 heavy (non-hydrogen) atoms. The second-order valence-corrected chi connectivity index (χ2v) is 11.1. The van der Waals surface area contributed by atoms with Crippen LogP contribution < -0.4 is 4.90 Å². The SMILES string of the molecule is C=CCc1c(N2CCCC2)cn(C2(c3ccccc3)c3ccccc3-c3ccccc32)c1C(=O)OCc1ccccc1. The van der Waals surface area contributed by atoms with Crippen molar-refractivity contribution in [1.82, 2.24) is 4.57 Å². The van der Waals surface area contributed by atoms with E-state index in [1.165, 1.54) is 11.1 Å². The first-order chi connectivity index (χ1) is 20.7. The Bertz CT molecular complexity index is 1700. The molecule has 0 atom stereocenters. The second kappa shape index (κ2) is 10.9. The van der Waals surface area contributed by atoms with Crippen LogP contribution in [0.25, 0.3) is 11.1 Å². The number of benzene rings is 4. The van der Waals surface area contributed by atoms with Gasteiger partial charge in [0.15, 0.2) is 0 Å². The van der Waals surface area contributed by atoms with Gasteiger partial charge in [0.25, 0.3) is 0 Å². The van der Waals surface area contributed by atoms with E-state index in [0.29, 0.717) is 12.1 Å². The molecule has 1 fully saturated rings. The molecule has 1 saturated heterocycles. The summed E-state index contributed by atoms with van der Waals surface area (Å²) in [5.74, 6) is -0.321. The Kier molecular flexibility index (Phi) is 6.75. The van der Waals surface area contributed by atoms with Gasteiger partial charge in [0, 0.05) is 24.8 Å². The summed E-state index contributed by atoms with van der Waals surface area (Å²) >= 11 is 0. The molecule has 1 aliphatic heterocycles. The maximum atomic E-state index is 14.4.